The normalized spacial score (nSPS) is 19.3. The molecule has 0 atom stereocenters. The second-order valence-electron chi connectivity index (χ2n) is 7.55. The number of likely N-dealkylation sites (tertiary alicyclic amines) is 1. The molecule has 2 fully saturated rings. The molecule has 6 heteroatoms. The van der Waals surface area contributed by atoms with Gasteiger partial charge >= 0.3 is 0 Å². The van der Waals surface area contributed by atoms with Crippen LogP contribution in [0.2, 0.25) is 0 Å². The predicted octanol–water partition coefficient (Wildman–Crippen LogP) is 4.06. The summed E-state index contributed by atoms with van der Waals surface area (Å²) in [6, 6.07) is 9.79. The molecule has 1 amide bonds. The van der Waals surface area contributed by atoms with Gasteiger partial charge in [0.15, 0.2) is 0 Å². The molecule has 2 heterocycles. The number of hydrogen-bond donors (Lipinski definition) is 1. The lowest BCUT2D eigenvalue weighted by Crippen LogP contribution is -2.39. The van der Waals surface area contributed by atoms with Crippen molar-refractivity contribution in [3.05, 3.63) is 41.8 Å². The lowest BCUT2D eigenvalue weighted by atomic mass is 9.92. The van der Waals surface area contributed by atoms with Gasteiger partial charge in [-0.05, 0) is 63.0 Å². The average molecular weight is 369 g/mol. The zero-order valence-electron chi connectivity index (χ0n) is 15.8. The van der Waals surface area contributed by atoms with Crippen molar-refractivity contribution < 1.29 is 14.1 Å². The van der Waals surface area contributed by atoms with Crippen LogP contribution in [0, 0.1) is 0 Å². The second-order valence-corrected chi connectivity index (χ2v) is 7.55. The topological polar surface area (TPSA) is 67.6 Å². The average Bonchev–Trinajstić information content (AvgIpc) is 3.41. The molecule has 4 rings (SSSR count). The van der Waals surface area contributed by atoms with E-state index in [4.69, 9.17) is 9.26 Å². The Morgan fingerprint density at radius 1 is 1.15 bits per heavy atom. The Kier molecular flexibility index (Phi) is 5.43. The van der Waals surface area contributed by atoms with E-state index < -0.39 is 0 Å². The van der Waals surface area contributed by atoms with Gasteiger partial charge in [-0.25, -0.2) is 0 Å². The summed E-state index contributed by atoms with van der Waals surface area (Å²) in [4.78, 5) is 15.0. The Morgan fingerprint density at radius 3 is 2.52 bits per heavy atom. The van der Waals surface area contributed by atoms with Gasteiger partial charge in [-0.15, -0.1) is 0 Å². The Labute approximate surface area is 159 Å². The number of ether oxygens (including phenoxy) is 1. The quantitative estimate of drug-likeness (QED) is 0.861. The first-order valence-corrected chi connectivity index (χ1v) is 9.89. The van der Waals surface area contributed by atoms with E-state index in [9.17, 15) is 4.79 Å². The minimum absolute atomic E-state index is 0.263. The van der Waals surface area contributed by atoms with Crippen LogP contribution in [0.1, 0.15) is 60.7 Å². The number of carbonyl (C=O) groups excluding carboxylic acids is 1. The Hall–Kier alpha value is -2.34. The minimum atomic E-state index is -0.276. The molecule has 6 nitrogen and oxygen atoms in total. The highest BCUT2D eigenvalue weighted by molar-refractivity contribution is 6.02. The van der Waals surface area contributed by atoms with Gasteiger partial charge in [-0.3, -0.25) is 4.79 Å². The summed E-state index contributed by atoms with van der Waals surface area (Å²) in [7, 11) is 1.61. The van der Waals surface area contributed by atoms with Crippen LogP contribution in [0.15, 0.2) is 34.9 Å². The number of nitrogens with one attached hydrogen (secondary N) is 1. The lowest BCUT2D eigenvalue weighted by molar-refractivity contribution is 0.0987. The van der Waals surface area contributed by atoms with Gasteiger partial charge in [0.2, 0.25) is 5.76 Å². The van der Waals surface area contributed by atoms with E-state index in [1.54, 1.807) is 37.4 Å². The zero-order chi connectivity index (χ0) is 18.6. The number of aromatic nitrogens is 1. The first-order valence-electron chi connectivity index (χ1n) is 9.89. The van der Waals surface area contributed by atoms with Crippen LogP contribution in [0.25, 0.3) is 0 Å². The van der Waals surface area contributed by atoms with E-state index in [-0.39, 0.29) is 11.7 Å². The third-order valence-corrected chi connectivity index (χ3v) is 5.89. The van der Waals surface area contributed by atoms with Crippen LogP contribution in [-0.2, 0) is 0 Å². The van der Waals surface area contributed by atoms with Gasteiger partial charge in [-0.2, -0.15) is 0 Å². The van der Waals surface area contributed by atoms with Crippen molar-refractivity contribution in [2.45, 2.75) is 50.5 Å². The summed E-state index contributed by atoms with van der Waals surface area (Å²) in [5.74, 6) is 1.12. The van der Waals surface area contributed by atoms with E-state index in [0.29, 0.717) is 11.6 Å². The maximum absolute atomic E-state index is 12.4. The van der Waals surface area contributed by atoms with Gasteiger partial charge in [0, 0.05) is 23.7 Å². The van der Waals surface area contributed by atoms with Gasteiger partial charge < -0.3 is 19.5 Å². The molecule has 144 valence electrons. The molecule has 1 saturated heterocycles. The van der Waals surface area contributed by atoms with Crippen LogP contribution >= 0.6 is 0 Å². The molecule has 2 aromatic rings. The number of carbonyl (C=O) groups is 1. The maximum atomic E-state index is 12.4. The number of amides is 1. The van der Waals surface area contributed by atoms with Crippen LogP contribution in [0.4, 0.5) is 5.69 Å². The SMILES string of the molecule is COc1ccc(NC(=O)c2cc(C3CCN(C4CCCC4)CC3)no2)cc1. The smallest absolute Gasteiger partial charge is 0.294 e. The molecule has 2 aliphatic rings. The molecule has 1 aliphatic heterocycles. The van der Waals surface area contributed by atoms with Crippen LogP contribution in [0.5, 0.6) is 5.75 Å². The number of benzene rings is 1. The van der Waals surface area contributed by atoms with Gasteiger partial charge in [0.25, 0.3) is 5.91 Å². The standard InChI is InChI=1S/C21H27N3O3/c1-26-18-8-6-16(7-9-18)22-21(25)20-14-19(23-27-20)15-10-12-24(13-11-15)17-4-2-3-5-17/h6-9,14-15,17H,2-5,10-13H2,1H3,(H,22,25). The van der Waals surface area contributed by atoms with Gasteiger partial charge in [-0.1, -0.05) is 18.0 Å². The third-order valence-electron chi connectivity index (χ3n) is 5.89. The molecule has 1 aromatic heterocycles. The fraction of sp³-hybridized carbons (Fsp3) is 0.524. The molecule has 0 unspecified atom stereocenters. The van der Waals surface area contributed by atoms with Crippen molar-refractivity contribution in [2.75, 3.05) is 25.5 Å². The molecule has 1 aliphatic carbocycles. The largest absolute Gasteiger partial charge is 0.497 e. The number of methoxy groups -OCH3 is 1. The van der Waals surface area contributed by atoms with E-state index in [0.717, 1.165) is 43.4 Å². The second kappa shape index (κ2) is 8.13. The summed E-state index contributed by atoms with van der Waals surface area (Å²) in [6.45, 7) is 2.24. The van der Waals surface area contributed by atoms with E-state index >= 15 is 0 Å². The van der Waals surface area contributed by atoms with Gasteiger partial charge in [0.1, 0.15) is 5.75 Å². The third kappa shape index (κ3) is 4.16. The van der Waals surface area contributed by atoms with Crippen LogP contribution in [0.3, 0.4) is 0 Å². The zero-order valence-corrected chi connectivity index (χ0v) is 15.8. The summed E-state index contributed by atoms with van der Waals surface area (Å²) in [5, 5.41) is 7.01. The molecule has 27 heavy (non-hydrogen) atoms. The van der Waals surface area contributed by atoms with Gasteiger partial charge in [0.05, 0.1) is 12.8 Å². The van der Waals surface area contributed by atoms with E-state index in [1.807, 2.05) is 0 Å². The Morgan fingerprint density at radius 2 is 1.85 bits per heavy atom. The van der Waals surface area contributed by atoms with E-state index in [1.165, 1.54) is 25.7 Å². The predicted molar refractivity (Wildman–Crippen MR) is 103 cm³/mol. The molecule has 1 N–H and O–H groups in total. The number of hydrogen-bond acceptors (Lipinski definition) is 5. The van der Waals surface area contributed by atoms with E-state index in [2.05, 4.69) is 15.4 Å². The molecule has 0 radical (unpaired) electrons. The highest BCUT2D eigenvalue weighted by Crippen LogP contribution is 2.32. The monoisotopic (exact) mass is 369 g/mol. The highest BCUT2D eigenvalue weighted by Gasteiger charge is 2.29. The molecular weight excluding hydrogens is 342 g/mol. The van der Waals surface area contributed by atoms with Crippen molar-refractivity contribution >= 4 is 11.6 Å². The highest BCUT2D eigenvalue weighted by atomic mass is 16.5. The number of piperidine rings is 1. The summed E-state index contributed by atoms with van der Waals surface area (Å²) in [5.41, 5.74) is 1.60. The summed E-state index contributed by atoms with van der Waals surface area (Å²) >= 11 is 0. The Bertz CT molecular complexity index is 757. The van der Waals surface area contributed by atoms with Crippen LogP contribution in [-0.4, -0.2) is 42.2 Å². The van der Waals surface area contributed by atoms with Crippen LogP contribution < -0.4 is 10.1 Å². The van der Waals surface area contributed by atoms with Crippen molar-refractivity contribution in [2.24, 2.45) is 0 Å². The number of nitrogens with zero attached hydrogens (tertiary/aromatic N) is 2. The molecular formula is C21H27N3O3. The summed E-state index contributed by atoms with van der Waals surface area (Å²) in [6.07, 6.45) is 7.63. The summed E-state index contributed by atoms with van der Waals surface area (Å²) < 4.78 is 10.4. The molecule has 0 spiro atoms. The molecule has 1 saturated carbocycles. The minimum Gasteiger partial charge on any atom is -0.497 e. The fourth-order valence-corrected chi connectivity index (χ4v) is 4.29. The van der Waals surface area contributed by atoms with Crippen molar-refractivity contribution in [1.82, 2.24) is 10.1 Å². The lowest BCUT2D eigenvalue weighted by Gasteiger charge is -2.35. The number of rotatable bonds is 5. The molecule has 0 bridgehead atoms. The number of anilines is 1. The van der Waals surface area contributed by atoms with Crippen molar-refractivity contribution in [3.8, 4) is 5.75 Å². The maximum Gasteiger partial charge on any atom is 0.294 e. The van der Waals surface area contributed by atoms with Crippen molar-refractivity contribution in [3.63, 3.8) is 0 Å². The first kappa shape index (κ1) is 18.0. The molecule has 1 aromatic carbocycles. The fourth-order valence-electron chi connectivity index (χ4n) is 4.29. The van der Waals surface area contributed by atoms with Crippen molar-refractivity contribution in [1.29, 1.82) is 0 Å². The first-order chi connectivity index (χ1) is 13.2. The Balaban J connectivity index is 1.33.